The predicted octanol–water partition coefficient (Wildman–Crippen LogP) is 4.27. The lowest BCUT2D eigenvalue weighted by atomic mass is 9.75. The van der Waals surface area contributed by atoms with Crippen molar-refractivity contribution in [2.45, 2.75) is 56.7 Å². The Balaban J connectivity index is 1.60. The Labute approximate surface area is 227 Å². The van der Waals surface area contributed by atoms with Gasteiger partial charge in [-0.15, -0.1) is 0 Å². The van der Waals surface area contributed by atoms with Crippen LogP contribution in [0.1, 0.15) is 43.7 Å². The van der Waals surface area contributed by atoms with E-state index in [1.54, 1.807) is 20.4 Å². The molecule has 0 aliphatic heterocycles. The molecule has 1 aromatic heterocycles. The van der Waals surface area contributed by atoms with Crippen molar-refractivity contribution in [3.8, 4) is 5.69 Å². The molecular formula is C29H35F2N5O3. The fraction of sp³-hybridized carbons (Fsp3) is 0.414. The summed E-state index contributed by atoms with van der Waals surface area (Å²) < 4.78 is 35.4. The molecule has 1 fully saturated rings. The lowest BCUT2D eigenvalue weighted by Gasteiger charge is -2.41. The summed E-state index contributed by atoms with van der Waals surface area (Å²) in [5.41, 5.74) is 3.09. The number of hydrogen-bond donors (Lipinski definition) is 2. The van der Waals surface area contributed by atoms with Gasteiger partial charge in [-0.25, -0.2) is 13.5 Å². The van der Waals surface area contributed by atoms with Gasteiger partial charge < -0.3 is 20.2 Å². The van der Waals surface area contributed by atoms with Crippen LogP contribution in [0.15, 0.2) is 66.1 Å². The third kappa shape index (κ3) is 7.27. The number of nitrogens with one attached hydrogen (secondary N) is 2. The highest BCUT2D eigenvalue weighted by atomic mass is 19.1. The SMILES string of the molecule is CON=C1CCC(NCC(OC)C(Cc2cc(F)cc(F)c2)NC(C)=O)(c2cccc(-n3cccn3)c2)CC1. The molecule has 10 heteroatoms. The van der Waals surface area contributed by atoms with Crippen LogP contribution < -0.4 is 10.6 Å². The monoisotopic (exact) mass is 539 g/mol. The summed E-state index contributed by atoms with van der Waals surface area (Å²) in [5.74, 6) is -1.57. The summed E-state index contributed by atoms with van der Waals surface area (Å²) in [5, 5.41) is 15.2. The van der Waals surface area contributed by atoms with Crippen molar-refractivity contribution in [1.29, 1.82) is 0 Å². The van der Waals surface area contributed by atoms with Crippen molar-refractivity contribution < 1.29 is 23.1 Å². The predicted molar refractivity (Wildman–Crippen MR) is 145 cm³/mol. The number of oxime groups is 1. The second kappa shape index (κ2) is 12.9. The zero-order valence-electron chi connectivity index (χ0n) is 22.5. The van der Waals surface area contributed by atoms with Gasteiger partial charge in [0.15, 0.2) is 0 Å². The molecule has 0 spiro atoms. The summed E-state index contributed by atoms with van der Waals surface area (Å²) in [7, 11) is 3.12. The van der Waals surface area contributed by atoms with Gasteiger partial charge in [-0.3, -0.25) is 4.79 Å². The molecule has 8 nitrogen and oxygen atoms in total. The Bertz CT molecular complexity index is 1250. The maximum absolute atomic E-state index is 13.9. The number of rotatable bonds is 11. The van der Waals surface area contributed by atoms with E-state index in [9.17, 15) is 13.6 Å². The molecule has 0 radical (unpaired) electrons. The van der Waals surface area contributed by atoms with Gasteiger partial charge in [0.1, 0.15) is 18.7 Å². The Hall–Kier alpha value is -3.63. The van der Waals surface area contributed by atoms with E-state index < -0.39 is 29.3 Å². The largest absolute Gasteiger partial charge is 0.399 e. The summed E-state index contributed by atoms with van der Waals surface area (Å²) in [6, 6.07) is 13.0. The summed E-state index contributed by atoms with van der Waals surface area (Å²) in [4.78, 5) is 17.1. The summed E-state index contributed by atoms with van der Waals surface area (Å²) in [6.07, 6.45) is 6.43. The molecule has 3 aromatic rings. The first-order valence-electron chi connectivity index (χ1n) is 13.0. The third-order valence-electron chi connectivity index (χ3n) is 7.23. The molecule has 0 bridgehead atoms. The second-order valence-corrected chi connectivity index (χ2v) is 9.87. The van der Waals surface area contributed by atoms with Gasteiger partial charge in [0, 0.05) is 44.6 Å². The van der Waals surface area contributed by atoms with E-state index in [2.05, 4.69) is 33.0 Å². The normalized spacial score (nSPS) is 18.8. The van der Waals surface area contributed by atoms with Crippen molar-refractivity contribution in [1.82, 2.24) is 20.4 Å². The molecule has 1 aliphatic carbocycles. The average molecular weight is 540 g/mol. The van der Waals surface area contributed by atoms with Crippen LogP contribution in [0.25, 0.3) is 5.69 Å². The second-order valence-electron chi connectivity index (χ2n) is 9.87. The van der Waals surface area contributed by atoms with E-state index in [0.717, 1.165) is 48.7 Å². The summed E-state index contributed by atoms with van der Waals surface area (Å²) >= 11 is 0. The van der Waals surface area contributed by atoms with Crippen molar-refractivity contribution in [2.24, 2.45) is 5.16 Å². The van der Waals surface area contributed by atoms with E-state index in [0.29, 0.717) is 12.1 Å². The van der Waals surface area contributed by atoms with E-state index in [1.165, 1.54) is 19.1 Å². The molecular weight excluding hydrogens is 504 g/mol. The first kappa shape index (κ1) is 28.4. The number of methoxy groups -OCH3 is 1. The summed E-state index contributed by atoms with van der Waals surface area (Å²) in [6.45, 7) is 1.81. The Morgan fingerprint density at radius 3 is 2.49 bits per heavy atom. The minimum Gasteiger partial charge on any atom is -0.399 e. The van der Waals surface area contributed by atoms with Gasteiger partial charge in [-0.2, -0.15) is 5.10 Å². The van der Waals surface area contributed by atoms with Gasteiger partial charge >= 0.3 is 0 Å². The first-order chi connectivity index (χ1) is 18.8. The molecule has 1 heterocycles. The number of halogens is 2. The molecule has 4 rings (SSSR count). The zero-order valence-corrected chi connectivity index (χ0v) is 22.5. The molecule has 2 atom stereocenters. The molecule has 2 unspecified atom stereocenters. The fourth-order valence-corrected chi connectivity index (χ4v) is 5.33. The van der Waals surface area contributed by atoms with Crippen LogP contribution in [-0.2, 0) is 26.3 Å². The molecule has 1 amide bonds. The Morgan fingerprint density at radius 1 is 1.13 bits per heavy atom. The quantitative estimate of drug-likeness (QED) is 0.355. The number of carbonyl (C=O) groups is 1. The van der Waals surface area contributed by atoms with Crippen LogP contribution in [0.5, 0.6) is 0 Å². The standard InChI is InChI=1S/C29H35F2N5O3/c1-20(37)34-27(16-21-14-23(30)18-24(31)15-21)28(38-2)19-32-29(10-8-25(9-11-29)35-39-3)22-6-4-7-26(17-22)36-13-5-12-33-36/h4-7,12-15,17-18,27-28,32H,8-11,16,19H2,1-3H3,(H,34,37). The number of aromatic nitrogens is 2. The molecule has 39 heavy (non-hydrogen) atoms. The van der Waals surface area contributed by atoms with Crippen LogP contribution in [0.3, 0.4) is 0 Å². The Morgan fingerprint density at radius 2 is 1.87 bits per heavy atom. The molecule has 2 N–H and O–H groups in total. The van der Waals surface area contributed by atoms with Gasteiger partial charge in [0.05, 0.1) is 23.5 Å². The fourth-order valence-electron chi connectivity index (χ4n) is 5.33. The maximum atomic E-state index is 13.9. The average Bonchev–Trinajstić information content (AvgIpc) is 3.45. The van der Waals surface area contributed by atoms with E-state index in [-0.39, 0.29) is 12.3 Å². The van der Waals surface area contributed by atoms with E-state index in [1.807, 2.05) is 29.1 Å². The van der Waals surface area contributed by atoms with Crippen molar-refractivity contribution >= 4 is 11.6 Å². The highest BCUT2D eigenvalue weighted by Crippen LogP contribution is 2.37. The topological polar surface area (TPSA) is 89.8 Å². The van der Waals surface area contributed by atoms with Gasteiger partial charge in [0.25, 0.3) is 0 Å². The molecule has 2 aromatic carbocycles. The Kier molecular flexibility index (Phi) is 9.42. The van der Waals surface area contributed by atoms with Crippen molar-refractivity contribution in [3.63, 3.8) is 0 Å². The van der Waals surface area contributed by atoms with Gasteiger partial charge in [-0.1, -0.05) is 17.3 Å². The maximum Gasteiger partial charge on any atom is 0.217 e. The van der Waals surface area contributed by atoms with E-state index >= 15 is 0 Å². The van der Waals surface area contributed by atoms with Gasteiger partial charge in [-0.05, 0) is 73.6 Å². The highest BCUT2D eigenvalue weighted by molar-refractivity contribution is 5.85. The van der Waals surface area contributed by atoms with E-state index in [4.69, 9.17) is 9.57 Å². The minimum atomic E-state index is -0.662. The number of benzene rings is 2. The number of amides is 1. The minimum absolute atomic E-state index is 0.209. The third-order valence-corrected chi connectivity index (χ3v) is 7.23. The number of hydrogen-bond acceptors (Lipinski definition) is 6. The molecule has 1 saturated carbocycles. The molecule has 1 aliphatic rings. The lowest BCUT2D eigenvalue weighted by molar-refractivity contribution is -0.120. The van der Waals surface area contributed by atoms with Gasteiger partial charge in [0.2, 0.25) is 5.91 Å². The van der Waals surface area contributed by atoms with Crippen LogP contribution in [-0.4, -0.2) is 54.3 Å². The smallest absolute Gasteiger partial charge is 0.217 e. The van der Waals surface area contributed by atoms with Crippen molar-refractivity contribution in [3.05, 3.63) is 83.7 Å². The number of carbonyl (C=O) groups excluding carboxylic acids is 1. The number of ether oxygens (including phenoxy) is 1. The lowest BCUT2D eigenvalue weighted by Crippen LogP contribution is -2.54. The van der Waals surface area contributed by atoms with Crippen LogP contribution in [0.4, 0.5) is 8.78 Å². The molecule has 208 valence electrons. The molecule has 0 saturated heterocycles. The first-order valence-corrected chi connectivity index (χ1v) is 13.0. The van der Waals surface area contributed by atoms with Crippen LogP contribution in [0, 0.1) is 11.6 Å². The number of nitrogens with zero attached hydrogens (tertiary/aromatic N) is 3. The highest BCUT2D eigenvalue weighted by Gasteiger charge is 2.37. The van der Waals surface area contributed by atoms with Crippen LogP contribution in [0.2, 0.25) is 0 Å². The van der Waals surface area contributed by atoms with Crippen molar-refractivity contribution in [2.75, 3.05) is 20.8 Å². The zero-order chi connectivity index (χ0) is 27.8. The van der Waals surface area contributed by atoms with Crippen LogP contribution >= 0.6 is 0 Å².